The number of likely N-dealkylation sites (N-methyl/N-ethyl adjacent to an activating group) is 1. The molecule has 9 heteroatoms. The quantitative estimate of drug-likeness (QED) is 0.0195. The maximum Gasteiger partial charge on any atom is 0.306 e. The van der Waals surface area contributed by atoms with E-state index in [1.54, 1.807) is 0 Å². The van der Waals surface area contributed by atoms with Crippen LogP contribution in [0.4, 0.5) is 0 Å². The zero-order valence-corrected chi connectivity index (χ0v) is 47.9. The van der Waals surface area contributed by atoms with Crippen molar-refractivity contribution >= 4 is 17.9 Å². The predicted molar refractivity (Wildman–Crippen MR) is 297 cm³/mol. The van der Waals surface area contributed by atoms with Gasteiger partial charge in [0, 0.05) is 12.8 Å². The molecule has 0 rings (SSSR count). The number of hydrogen-bond acceptors (Lipinski definition) is 8. The molecule has 0 aromatic carbocycles. The predicted octanol–water partition coefficient (Wildman–Crippen LogP) is 16.8. The third kappa shape index (κ3) is 55.6. The molecule has 2 atom stereocenters. The topological polar surface area (TPSA) is 111 Å². The van der Waals surface area contributed by atoms with Crippen molar-refractivity contribution in [1.29, 1.82) is 0 Å². The maximum absolute atomic E-state index is 12.8. The number of esters is 2. The molecule has 9 nitrogen and oxygen atoms in total. The van der Waals surface area contributed by atoms with E-state index in [4.69, 9.17) is 18.9 Å². The van der Waals surface area contributed by atoms with Crippen molar-refractivity contribution in [2.24, 2.45) is 0 Å². The summed E-state index contributed by atoms with van der Waals surface area (Å²) in [5.41, 5.74) is 0. The SMILES string of the molecule is CCCCCCCCCC/C=C\CCCCCCCCCCCCCCCCCCCCCCCCCCCCCC(=O)OC(COC(=O)CCCCCCCCC)COC(OCC[N+](C)(C)C)C(=O)[O-]. The fraction of sp³-hybridized carbons (Fsp3) is 0.919. The van der Waals surface area contributed by atoms with Crippen molar-refractivity contribution in [1.82, 2.24) is 0 Å². The largest absolute Gasteiger partial charge is 0.545 e. The molecule has 0 bridgehead atoms. The first-order valence-corrected chi connectivity index (χ1v) is 30.8. The Balaban J connectivity index is 3.78. The Hall–Kier alpha value is -1.97. The second-order valence-corrected chi connectivity index (χ2v) is 22.4. The molecule has 0 fully saturated rings. The van der Waals surface area contributed by atoms with Gasteiger partial charge in [-0.05, 0) is 38.5 Å². The first-order valence-electron chi connectivity index (χ1n) is 30.8. The number of carboxylic acid groups (broad SMARTS) is 1. The highest BCUT2D eigenvalue weighted by Gasteiger charge is 2.22. The van der Waals surface area contributed by atoms with E-state index in [0.29, 0.717) is 17.4 Å². The van der Waals surface area contributed by atoms with Gasteiger partial charge in [0.15, 0.2) is 12.4 Å². The van der Waals surface area contributed by atoms with Crippen molar-refractivity contribution in [3.05, 3.63) is 12.2 Å². The standard InChI is InChI=1S/C62H119NO8/c1-6-8-10-12-14-15-16-17-18-19-20-21-22-23-24-25-26-27-28-29-30-31-32-33-34-35-36-37-38-39-40-41-42-43-44-45-47-49-51-53-60(65)71-58(56-69-59(64)52-50-48-46-13-11-9-7-2)57-70-62(61(66)67)68-55-54-63(3,4)5/h19-20,58,62H,6-18,21-57H2,1-5H3/b20-19-. The van der Waals surface area contributed by atoms with Crippen LogP contribution in [0.25, 0.3) is 0 Å². The molecule has 0 saturated heterocycles. The van der Waals surface area contributed by atoms with Crippen LogP contribution in [0.2, 0.25) is 0 Å². The number of quaternary nitrogens is 1. The lowest BCUT2D eigenvalue weighted by molar-refractivity contribution is -0.870. The summed E-state index contributed by atoms with van der Waals surface area (Å²) >= 11 is 0. The highest BCUT2D eigenvalue weighted by atomic mass is 16.7. The highest BCUT2D eigenvalue weighted by Crippen LogP contribution is 2.18. The summed E-state index contributed by atoms with van der Waals surface area (Å²) in [4.78, 5) is 36.9. The average molecular weight is 1010 g/mol. The Labute approximate surface area is 440 Å². The van der Waals surface area contributed by atoms with Crippen LogP contribution in [0.1, 0.15) is 309 Å². The lowest BCUT2D eigenvalue weighted by Gasteiger charge is -2.26. The number of carboxylic acids is 1. The Kier molecular flexibility index (Phi) is 52.8. The van der Waals surface area contributed by atoms with Gasteiger partial charge in [0.25, 0.3) is 0 Å². The summed E-state index contributed by atoms with van der Waals surface area (Å²) < 4.78 is 22.6. The van der Waals surface area contributed by atoms with Gasteiger partial charge in [0.2, 0.25) is 0 Å². The minimum atomic E-state index is -1.61. The molecule has 0 N–H and O–H groups in total. The van der Waals surface area contributed by atoms with Crippen molar-refractivity contribution in [3.63, 3.8) is 0 Å². The summed E-state index contributed by atoms with van der Waals surface area (Å²) in [6, 6.07) is 0. The summed E-state index contributed by atoms with van der Waals surface area (Å²) in [6.07, 6.45) is 60.6. The number of carbonyl (C=O) groups excluding carboxylic acids is 3. The molecule has 0 aliphatic carbocycles. The summed E-state index contributed by atoms with van der Waals surface area (Å²) in [5.74, 6) is -2.27. The first kappa shape index (κ1) is 69.0. The molecule has 0 amide bonds. The number of unbranched alkanes of at least 4 members (excludes halogenated alkanes) is 41. The van der Waals surface area contributed by atoms with Crippen molar-refractivity contribution in [2.75, 3.05) is 47.5 Å². The number of allylic oxidation sites excluding steroid dienone is 2. The van der Waals surface area contributed by atoms with Gasteiger partial charge in [-0.2, -0.15) is 0 Å². The zero-order chi connectivity index (χ0) is 52.0. The fourth-order valence-corrected chi connectivity index (χ4v) is 9.24. The van der Waals surface area contributed by atoms with E-state index in [0.717, 1.165) is 38.5 Å². The van der Waals surface area contributed by atoms with Crippen LogP contribution < -0.4 is 5.11 Å². The lowest BCUT2D eigenvalue weighted by Crippen LogP contribution is -2.44. The second kappa shape index (κ2) is 54.3. The number of hydrogen-bond donors (Lipinski definition) is 0. The second-order valence-electron chi connectivity index (χ2n) is 22.4. The average Bonchev–Trinajstić information content (AvgIpc) is 3.34. The van der Waals surface area contributed by atoms with Gasteiger partial charge >= 0.3 is 11.9 Å². The van der Waals surface area contributed by atoms with Crippen LogP contribution in [0.5, 0.6) is 0 Å². The van der Waals surface area contributed by atoms with E-state index in [2.05, 4.69) is 26.0 Å². The molecule has 71 heavy (non-hydrogen) atoms. The zero-order valence-electron chi connectivity index (χ0n) is 47.9. The van der Waals surface area contributed by atoms with Crippen LogP contribution in [0.15, 0.2) is 12.2 Å². The number of nitrogens with zero attached hydrogens (tertiary/aromatic N) is 1. The van der Waals surface area contributed by atoms with Gasteiger partial charge in [-0.3, -0.25) is 9.59 Å². The molecule has 0 saturated carbocycles. The van der Waals surface area contributed by atoms with Crippen LogP contribution >= 0.6 is 0 Å². The summed E-state index contributed by atoms with van der Waals surface area (Å²) in [7, 11) is 5.92. The number of aliphatic carboxylic acids is 1. The fourth-order valence-electron chi connectivity index (χ4n) is 9.24. The number of rotatable bonds is 58. The van der Waals surface area contributed by atoms with E-state index < -0.39 is 24.3 Å². The van der Waals surface area contributed by atoms with E-state index in [1.807, 2.05) is 21.1 Å². The summed E-state index contributed by atoms with van der Waals surface area (Å²) in [5, 5.41) is 11.7. The maximum atomic E-state index is 12.8. The molecule has 2 unspecified atom stereocenters. The molecule has 0 aromatic heterocycles. The Morgan fingerprint density at radius 2 is 0.718 bits per heavy atom. The highest BCUT2D eigenvalue weighted by molar-refractivity contribution is 5.70. The van der Waals surface area contributed by atoms with Crippen LogP contribution in [-0.4, -0.2) is 82.3 Å². The van der Waals surface area contributed by atoms with Crippen LogP contribution in [0, 0.1) is 0 Å². The van der Waals surface area contributed by atoms with E-state index in [9.17, 15) is 19.5 Å². The van der Waals surface area contributed by atoms with Crippen LogP contribution in [-0.2, 0) is 33.3 Å². The molecule has 420 valence electrons. The molecular formula is C62H119NO8. The van der Waals surface area contributed by atoms with E-state index in [1.165, 1.54) is 244 Å². The minimum Gasteiger partial charge on any atom is -0.545 e. The molecule has 0 heterocycles. The van der Waals surface area contributed by atoms with Gasteiger partial charge in [-0.25, -0.2) is 0 Å². The third-order valence-electron chi connectivity index (χ3n) is 14.0. The molecule has 0 aromatic rings. The summed E-state index contributed by atoms with van der Waals surface area (Å²) in [6.45, 7) is 4.73. The van der Waals surface area contributed by atoms with Gasteiger partial charge < -0.3 is 33.3 Å². The van der Waals surface area contributed by atoms with Gasteiger partial charge in [0.05, 0.1) is 40.3 Å². The molecule has 0 spiro atoms. The molecule has 0 aliphatic heterocycles. The van der Waals surface area contributed by atoms with E-state index in [-0.39, 0.29) is 32.2 Å². The molecular weight excluding hydrogens is 887 g/mol. The number of carbonyl (C=O) groups is 3. The minimum absolute atomic E-state index is 0.152. The van der Waals surface area contributed by atoms with Crippen molar-refractivity contribution in [3.8, 4) is 0 Å². The van der Waals surface area contributed by atoms with Gasteiger partial charge in [-0.1, -0.05) is 270 Å². The van der Waals surface area contributed by atoms with Crippen molar-refractivity contribution < 1.29 is 42.9 Å². The lowest BCUT2D eigenvalue weighted by atomic mass is 10.0. The van der Waals surface area contributed by atoms with Gasteiger partial charge in [-0.15, -0.1) is 0 Å². The van der Waals surface area contributed by atoms with Crippen molar-refractivity contribution in [2.45, 2.75) is 322 Å². The smallest absolute Gasteiger partial charge is 0.306 e. The normalized spacial score (nSPS) is 12.7. The number of ether oxygens (including phenoxy) is 4. The van der Waals surface area contributed by atoms with E-state index >= 15 is 0 Å². The Morgan fingerprint density at radius 3 is 1.04 bits per heavy atom. The molecule has 0 radical (unpaired) electrons. The van der Waals surface area contributed by atoms with Crippen LogP contribution in [0.3, 0.4) is 0 Å². The van der Waals surface area contributed by atoms with Gasteiger partial charge in [0.1, 0.15) is 13.2 Å². The molecule has 0 aliphatic rings. The Bertz CT molecular complexity index is 1170. The monoisotopic (exact) mass is 1010 g/mol. The Morgan fingerprint density at radius 1 is 0.408 bits per heavy atom. The first-order chi connectivity index (χ1) is 34.6. The third-order valence-corrected chi connectivity index (χ3v) is 14.0.